The van der Waals surface area contributed by atoms with Crippen LogP contribution in [0.15, 0.2) is 45.7 Å². The van der Waals surface area contributed by atoms with Gasteiger partial charge in [-0.15, -0.1) is 0 Å². The molecule has 7 heteroatoms. The van der Waals surface area contributed by atoms with Crippen LogP contribution in [0.25, 0.3) is 0 Å². The number of aliphatic hydroxyl groups is 1. The van der Waals surface area contributed by atoms with Gasteiger partial charge < -0.3 is 14.8 Å². The first-order valence-electron chi connectivity index (χ1n) is 7.92. The molecule has 0 saturated heterocycles. The number of carbonyl (C=O) groups excluding carboxylic acids is 1. The third-order valence-electron chi connectivity index (χ3n) is 3.48. The normalized spacial score (nSPS) is 12.8. The molecule has 138 valence electrons. The Morgan fingerprint density at radius 1 is 1.19 bits per heavy atom. The van der Waals surface area contributed by atoms with Gasteiger partial charge in [-0.2, -0.15) is 0 Å². The first kappa shape index (κ1) is 19.8. The second-order valence-electron chi connectivity index (χ2n) is 6.51. The van der Waals surface area contributed by atoms with E-state index in [1.165, 1.54) is 18.2 Å². The molecule has 2 aromatic rings. The number of furan rings is 1. The summed E-state index contributed by atoms with van der Waals surface area (Å²) in [5.74, 6) is 5.23. The third-order valence-corrected chi connectivity index (χ3v) is 4.61. The molecule has 1 amide bonds. The van der Waals surface area contributed by atoms with Crippen molar-refractivity contribution in [3.05, 3.63) is 53.5 Å². The molecule has 1 aromatic heterocycles. The first-order chi connectivity index (χ1) is 12.0. The van der Waals surface area contributed by atoms with Gasteiger partial charge in [0, 0.05) is 6.26 Å². The van der Waals surface area contributed by atoms with Crippen LogP contribution in [0.3, 0.4) is 0 Å². The highest BCUT2D eigenvalue weighted by Gasteiger charge is 2.16. The maximum Gasteiger partial charge on any atom is 0.287 e. The standard InChI is InChI=1S/C19H21NO5S/c1-13(14-5-8-16(9-6-14)26(4,23)24)20-18(21)17-10-7-15(25-17)11-12-19(2,3)22/h5-10,13,22H,1-4H3,(H,20,21). The van der Waals surface area contributed by atoms with E-state index in [-0.39, 0.29) is 22.5 Å². The number of hydrogen-bond acceptors (Lipinski definition) is 5. The minimum absolute atomic E-state index is 0.102. The van der Waals surface area contributed by atoms with Crippen LogP contribution in [0.5, 0.6) is 0 Å². The molecule has 1 unspecified atom stereocenters. The molecule has 2 rings (SSSR count). The maximum atomic E-state index is 12.3. The van der Waals surface area contributed by atoms with E-state index in [0.717, 1.165) is 11.8 Å². The van der Waals surface area contributed by atoms with Crippen molar-refractivity contribution in [2.24, 2.45) is 0 Å². The Kier molecular flexibility index (Phi) is 5.59. The number of hydrogen-bond donors (Lipinski definition) is 2. The van der Waals surface area contributed by atoms with Crippen LogP contribution in [-0.2, 0) is 9.84 Å². The van der Waals surface area contributed by atoms with E-state index in [1.807, 2.05) is 0 Å². The third kappa shape index (κ3) is 5.48. The van der Waals surface area contributed by atoms with Crippen LogP contribution in [0.4, 0.5) is 0 Å². The van der Waals surface area contributed by atoms with Gasteiger partial charge in [0.15, 0.2) is 21.4 Å². The molecule has 1 heterocycles. The van der Waals surface area contributed by atoms with Crippen molar-refractivity contribution in [2.75, 3.05) is 6.26 Å². The van der Waals surface area contributed by atoms with Gasteiger partial charge >= 0.3 is 0 Å². The second-order valence-corrected chi connectivity index (χ2v) is 8.53. The van der Waals surface area contributed by atoms with Gasteiger partial charge in [-0.05, 0) is 56.5 Å². The Morgan fingerprint density at radius 3 is 2.35 bits per heavy atom. The summed E-state index contributed by atoms with van der Waals surface area (Å²) < 4.78 is 28.3. The van der Waals surface area contributed by atoms with Crippen LogP contribution in [0.1, 0.15) is 48.7 Å². The fourth-order valence-corrected chi connectivity index (χ4v) is 2.73. The molecule has 0 fully saturated rings. The first-order valence-corrected chi connectivity index (χ1v) is 9.81. The molecular weight excluding hydrogens is 354 g/mol. The molecule has 0 aliphatic heterocycles. The highest BCUT2D eigenvalue weighted by atomic mass is 32.2. The molecule has 0 aliphatic rings. The number of rotatable bonds is 4. The van der Waals surface area contributed by atoms with Crippen LogP contribution in [0.2, 0.25) is 0 Å². The fourth-order valence-electron chi connectivity index (χ4n) is 2.10. The number of carbonyl (C=O) groups is 1. The lowest BCUT2D eigenvalue weighted by molar-refractivity contribution is 0.0911. The van der Waals surface area contributed by atoms with Crippen molar-refractivity contribution >= 4 is 15.7 Å². The molecule has 0 radical (unpaired) electrons. The number of benzene rings is 1. The van der Waals surface area contributed by atoms with Crippen molar-refractivity contribution in [3.63, 3.8) is 0 Å². The molecule has 1 aromatic carbocycles. The number of nitrogens with one attached hydrogen (secondary N) is 1. The number of amides is 1. The van der Waals surface area contributed by atoms with E-state index in [0.29, 0.717) is 0 Å². The molecule has 6 nitrogen and oxygen atoms in total. The molecule has 0 spiro atoms. The Balaban J connectivity index is 2.07. The molecule has 0 aliphatic carbocycles. The van der Waals surface area contributed by atoms with Gasteiger partial charge in [0.05, 0.1) is 10.9 Å². The molecular formula is C19H21NO5S. The monoisotopic (exact) mass is 375 g/mol. The van der Waals surface area contributed by atoms with Crippen LogP contribution >= 0.6 is 0 Å². The van der Waals surface area contributed by atoms with Gasteiger partial charge in [0.2, 0.25) is 0 Å². The Hall–Kier alpha value is -2.56. The van der Waals surface area contributed by atoms with E-state index in [9.17, 15) is 18.3 Å². The van der Waals surface area contributed by atoms with Crippen molar-refractivity contribution in [2.45, 2.75) is 37.3 Å². The molecule has 0 bridgehead atoms. The summed E-state index contributed by atoms with van der Waals surface area (Å²) in [5.41, 5.74) is -0.388. The van der Waals surface area contributed by atoms with Crippen molar-refractivity contribution < 1.29 is 22.7 Å². The quantitative estimate of drug-likeness (QED) is 0.800. The summed E-state index contributed by atoms with van der Waals surface area (Å²) in [6.45, 7) is 4.88. The van der Waals surface area contributed by atoms with Crippen molar-refractivity contribution in [1.29, 1.82) is 0 Å². The van der Waals surface area contributed by atoms with Crippen molar-refractivity contribution in [1.82, 2.24) is 5.32 Å². The molecule has 1 atom stereocenters. The van der Waals surface area contributed by atoms with Crippen LogP contribution in [-0.4, -0.2) is 31.3 Å². The Morgan fingerprint density at radius 2 is 1.81 bits per heavy atom. The average Bonchev–Trinajstić information content (AvgIpc) is 3.00. The van der Waals surface area contributed by atoms with Crippen LogP contribution < -0.4 is 5.32 Å². The summed E-state index contributed by atoms with van der Waals surface area (Å²) in [6, 6.07) is 9.04. The zero-order valence-corrected chi connectivity index (χ0v) is 15.8. The summed E-state index contributed by atoms with van der Waals surface area (Å²) in [4.78, 5) is 12.5. The van der Waals surface area contributed by atoms with Crippen molar-refractivity contribution in [3.8, 4) is 11.8 Å². The van der Waals surface area contributed by atoms with Gasteiger partial charge in [0.1, 0.15) is 5.60 Å². The largest absolute Gasteiger partial charge is 0.443 e. The summed E-state index contributed by atoms with van der Waals surface area (Å²) in [7, 11) is -3.26. The zero-order chi connectivity index (χ0) is 19.5. The van der Waals surface area contributed by atoms with E-state index < -0.39 is 21.3 Å². The summed E-state index contributed by atoms with van der Waals surface area (Å²) in [5, 5.41) is 12.4. The SMILES string of the molecule is CC(NC(=O)c1ccc(C#CC(C)(C)O)o1)c1ccc(S(C)(=O)=O)cc1. The molecule has 26 heavy (non-hydrogen) atoms. The fraction of sp³-hybridized carbons (Fsp3) is 0.316. The number of sulfone groups is 1. The molecule has 2 N–H and O–H groups in total. The lowest BCUT2D eigenvalue weighted by Crippen LogP contribution is -2.26. The smallest absolute Gasteiger partial charge is 0.287 e. The Bertz CT molecular complexity index is 954. The maximum absolute atomic E-state index is 12.3. The Labute approximate surface area is 153 Å². The van der Waals surface area contributed by atoms with E-state index >= 15 is 0 Å². The van der Waals surface area contributed by atoms with Gasteiger partial charge in [0.25, 0.3) is 5.91 Å². The van der Waals surface area contributed by atoms with E-state index in [4.69, 9.17) is 4.42 Å². The predicted molar refractivity (Wildman–Crippen MR) is 97.3 cm³/mol. The minimum atomic E-state index is -3.26. The average molecular weight is 375 g/mol. The highest BCUT2D eigenvalue weighted by Crippen LogP contribution is 2.17. The topological polar surface area (TPSA) is 96.6 Å². The van der Waals surface area contributed by atoms with Crippen LogP contribution in [0, 0.1) is 11.8 Å². The highest BCUT2D eigenvalue weighted by molar-refractivity contribution is 7.90. The zero-order valence-electron chi connectivity index (χ0n) is 15.0. The van der Waals surface area contributed by atoms with Gasteiger partial charge in [-0.1, -0.05) is 18.1 Å². The minimum Gasteiger partial charge on any atom is -0.443 e. The summed E-state index contributed by atoms with van der Waals surface area (Å²) in [6.07, 6.45) is 1.14. The van der Waals surface area contributed by atoms with E-state index in [2.05, 4.69) is 17.2 Å². The lowest BCUT2D eigenvalue weighted by atomic mass is 10.1. The lowest BCUT2D eigenvalue weighted by Gasteiger charge is -2.13. The van der Waals surface area contributed by atoms with Gasteiger partial charge in [-0.25, -0.2) is 8.42 Å². The van der Waals surface area contributed by atoms with E-state index in [1.54, 1.807) is 39.0 Å². The predicted octanol–water partition coefficient (Wildman–Crippen LogP) is 2.30. The van der Waals surface area contributed by atoms with Gasteiger partial charge in [-0.3, -0.25) is 4.79 Å². The molecule has 0 saturated carbocycles. The second kappa shape index (κ2) is 7.36. The summed E-state index contributed by atoms with van der Waals surface area (Å²) >= 11 is 0.